The molecule has 1 aromatic heterocycles. The van der Waals surface area contributed by atoms with Crippen LogP contribution in [0.3, 0.4) is 0 Å². The molecule has 27 heavy (non-hydrogen) atoms. The summed E-state index contributed by atoms with van der Waals surface area (Å²) in [6.45, 7) is 5.46. The molecule has 3 rings (SSSR count). The Kier molecular flexibility index (Phi) is 5.80. The summed E-state index contributed by atoms with van der Waals surface area (Å²) >= 11 is 0. The van der Waals surface area contributed by atoms with Crippen LogP contribution in [-0.2, 0) is 0 Å². The average Bonchev–Trinajstić information content (AvgIpc) is 3.19. The summed E-state index contributed by atoms with van der Waals surface area (Å²) in [6, 6.07) is 17.5. The average molecular weight is 355 g/mol. The predicted molar refractivity (Wildman–Crippen MR) is 113 cm³/mol. The fraction of sp³-hybridized carbons (Fsp3) is 0.0435. The van der Waals surface area contributed by atoms with Gasteiger partial charge in [0.15, 0.2) is 0 Å². The molecule has 4 heteroatoms. The van der Waals surface area contributed by atoms with Crippen LogP contribution < -0.4 is 5.32 Å². The second-order valence-corrected chi connectivity index (χ2v) is 5.95. The number of hydrogen-bond acceptors (Lipinski definition) is 2. The minimum Gasteiger partial charge on any atom is -0.366 e. The van der Waals surface area contributed by atoms with E-state index in [2.05, 4.69) is 22.0 Å². The molecule has 1 amide bonds. The number of aliphatic imine (C=N–C) groups is 1. The Balaban J connectivity index is 1.86. The van der Waals surface area contributed by atoms with E-state index in [0.717, 1.165) is 28.0 Å². The van der Waals surface area contributed by atoms with Crippen molar-refractivity contribution in [3.8, 4) is 11.1 Å². The van der Waals surface area contributed by atoms with Crippen LogP contribution in [-0.4, -0.2) is 17.6 Å². The van der Waals surface area contributed by atoms with Gasteiger partial charge in [-0.1, -0.05) is 54.6 Å². The normalized spacial score (nSPS) is 11.5. The van der Waals surface area contributed by atoms with Crippen molar-refractivity contribution in [1.82, 2.24) is 4.98 Å². The predicted octanol–water partition coefficient (Wildman–Crippen LogP) is 5.55. The highest BCUT2D eigenvalue weighted by atomic mass is 16.1. The van der Waals surface area contributed by atoms with Gasteiger partial charge in [-0.25, -0.2) is 0 Å². The summed E-state index contributed by atoms with van der Waals surface area (Å²) in [5.41, 5.74) is 5.06. The topological polar surface area (TPSA) is 57.2 Å². The van der Waals surface area contributed by atoms with Gasteiger partial charge in [0.1, 0.15) is 0 Å². The molecule has 0 radical (unpaired) electrons. The highest BCUT2D eigenvalue weighted by Crippen LogP contribution is 2.25. The fourth-order valence-electron chi connectivity index (χ4n) is 2.87. The fourth-order valence-corrected chi connectivity index (χ4v) is 2.87. The molecule has 0 aliphatic rings. The summed E-state index contributed by atoms with van der Waals surface area (Å²) in [6.07, 6.45) is 9.14. The number of anilines is 1. The molecule has 0 aliphatic heterocycles. The lowest BCUT2D eigenvalue weighted by Crippen LogP contribution is -2.12. The van der Waals surface area contributed by atoms with E-state index in [1.165, 1.54) is 0 Å². The molecule has 0 saturated heterocycles. The van der Waals surface area contributed by atoms with Crippen LogP contribution in [0, 0.1) is 0 Å². The summed E-state index contributed by atoms with van der Waals surface area (Å²) < 4.78 is 0. The van der Waals surface area contributed by atoms with E-state index in [-0.39, 0.29) is 5.91 Å². The van der Waals surface area contributed by atoms with Crippen LogP contribution in [0.2, 0.25) is 0 Å². The van der Waals surface area contributed by atoms with Crippen LogP contribution >= 0.6 is 0 Å². The molecular formula is C23H21N3O. The lowest BCUT2D eigenvalue weighted by molar-refractivity contribution is 0.102. The third-order valence-electron chi connectivity index (χ3n) is 4.11. The van der Waals surface area contributed by atoms with Crippen molar-refractivity contribution in [2.45, 2.75) is 6.92 Å². The molecule has 0 unspecified atom stereocenters. The van der Waals surface area contributed by atoms with Crippen molar-refractivity contribution in [3.05, 3.63) is 96.5 Å². The molecule has 0 bridgehead atoms. The van der Waals surface area contributed by atoms with Crippen LogP contribution in [0.5, 0.6) is 0 Å². The van der Waals surface area contributed by atoms with Crippen molar-refractivity contribution < 1.29 is 4.79 Å². The molecule has 2 N–H and O–H groups in total. The SMILES string of the molecule is C=N/C=C(\C=C/C)c1cccc(NC(=O)c2c[nH]cc2-c2ccccc2)c1. The van der Waals surface area contributed by atoms with Crippen LogP contribution in [0.15, 0.2) is 90.3 Å². The Morgan fingerprint density at radius 2 is 1.93 bits per heavy atom. The first-order valence-corrected chi connectivity index (χ1v) is 8.65. The Bertz CT molecular complexity index is 997. The smallest absolute Gasteiger partial charge is 0.257 e. The van der Waals surface area contributed by atoms with E-state index in [1.54, 1.807) is 12.4 Å². The van der Waals surface area contributed by atoms with Gasteiger partial charge < -0.3 is 10.3 Å². The van der Waals surface area contributed by atoms with Crippen molar-refractivity contribution >= 4 is 23.9 Å². The zero-order chi connectivity index (χ0) is 19.1. The van der Waals surface area contributed by atoms with E-state index in [0.29, 0.717) is 5.56 Å². The number of nitrogens with one attached hydrogen (secondary N) is 2. The third kappa shape index (κ3) is 4.30. The molecular weight excluding hydrogens is 334 g/mol. The van der Waals surface area contributed by atoms with Crippen molar-refractivity contribution in [1.29, 1.82) is 0 Å². The number of nitrogens with zero attached hydrogens (tertiary/aromatic N) is 1. The molecule has 4 nitrogen and oxygen atoms in total. The van der Waals surface area contributed by atoms with Gasteiger partial charge in [-0.3, -0.25) is 9.79 Å². The van der Waals surface area contributed by atoms with Gasteiger partial charge in [-0.05, 0) is 42.5 Å². The Morgan fingerprint density at radius 1 is 1.11 bits per heavy atom. The molecule has 2 aromatic carbocycles. The van der Waals surface area contributed by atoms with Crippen molar-refractivity contribution in [2.75, 3.05) is 5.32 Å². The van der Waals surface area contributed by atoms with E-state index >= 15 is 0 Å². The summed E-state index contributed by atoms with van der Waals surface area (Å²) in [7, 11) is 0. The zero-order valence-electron chi connectivity index (χ0n) is 15.1. The van der Waals surface area contributed by atoms with E-state index in [4.69, 9.17) is 0 Å². The summed E-state index contributed by atoms with van der Waals surface area (Å²) in [5, 5.41) is 2.98. The van der Waals surface area contributed by atoms with Crippen LogP contribution in [0.1, 0.15) is 22.8 Å². The standard InChI is InChI=1S/C23H21N3O/c1-3-8-19(14-24-2)18-11-7-12-20(13-18)26-23(27)22-16-25-15-21(22)17-9-5-4-6-10-17/h3-16,25H,2H2,1H3,(H,26,27)/b8-3-,19-14+. The quantitative estimate of drug-likeness (QED) is 0.442. The van der Waals surface area contributed by atoms with Crippen LogP contribution in [0.4, 0.5) is 5.69 Å². The number of H-pyrrole nitrogens is 1. The van der Waals surface area contributed by atoms with Gasteiger partial charge in [-0.15, -0.1) is 0 Å². The molecule has 0 atom stereocenters. The number of amides is 1. The number of rotatable bonds is 6. The number of carbonyl (C=O) groups excluding carboxylic acids is 1. The number of carbonyl (C=O) groups is 1. The van der Waals surface area contributed by atoms with E-state index in [9.17, 15) is 4.79 Å². The first-order chi connectivity index (χ1) is 13.2. The van der Waals surface area contributed by atoms with E-state index in [1.807, 2.05) is 79.9 Å². The van der Waals surface area contributed by atoms with Gasteiger partial charge in [0.2, 0.25) is 0 Å². The minimum atomic E-state index is -0.161. The van der Waals surface area contributed by atoms with Crippen molar-refractivity contribution in [2.24, 2.45) is 4.99 Å². The Hall–Kier alpha value is -3.66. The molecule has 0 saturated carbocycles. The third-order valence-corrected chi connectivity index (χ3v) is 4.11. The molecule has 1 heterocycles. The maximum absolute atomic E-state index is 12.8. The maximum Gasteiger partial charge on any atom is 0.257 e. The van der Waals surface area contributed by atoms with E-state index < -0.39 is 0 Å². The second-order valence-electron chi connectivity index (χ2n) is 5.95. The number of allylic oxidation sites excluding steroid dienone is 3. The van der Waals surface area contributed by atoms with Gasteiger partial charge in [0.05, 0.1) is 5.56 Å². The second kappa shape index (κ2) is 8.63. The molecule has 134 valence electrons. The van der Waals surface area contributed by atoms with Crippen LogP contribution in [0.25, 0.3) is 16.7 Å². The Labute approximate surface area is 159 Å². The maximum atomic E-state index is 12.8. The van der Waals surface area contributed by atoms with Gasteiger partial charge in [0, 0.05) is 29.8 Å². The molecule has 3 aromatic rings. The number of benzene rings is 2. The first-order valence-electron chi connectivity index (χ1n) is 8.65. The molecule has 0 fully saturated rings. The molecule has 0 spiro atoms. The zero-order valence-corrected chi connectivity index (χ0v) is 15.1. The number of hydrogen-bond donors (Lipinski definition) is 2. The van der Waals surface area contributed by atoms with Crippen molar-refractivity contribution in [3.63, 3.8) is 0 Å². The summed E-state index contributed by atoms with van der Waals surface area (Å²) in [4.78, 5) is 19.7. The Morgan fingerprint density at radius 3 is 2.67 bits per heavy atom. The summed E-state index contributed by atoms with van der Waals surface area (Å²) in [5.74, 6) is -0.161. The van der Waals surface area contributed by atoms with Gasteiger partial charge in [0.25, 0.3) is 5.91 Å². The first kappa shape index (κ1) is 18.1. The monoisotopic (exact) mass is 355 g/mol. The van der Waals surface area contributed by atoms with Gasteiger partial charge in [-0.2, -0.15) is 0 Å². The highest BCUT2D eigenvalue weighted by Gasteiger charge is 2.14. The largest absolute Gasteiger partial charge is 0.366 e. The lowest BCUT2D eigenvalue weighted by atomic mass is 10.0. The number of aromatic nitrogens is 1. The number of aromatic amines is 1. The van der Waals surface area contributed by atoms with Gasteiger partial charge >= 0.3 is 0 Å². The lowest BCUT2D eigenvalue weighted by Gasteiger charge is -2.09. The highest BCUT2D eigenvalue weighted by molar-refractivity contribution is 6.08. The minimum absolute atomic E-state index is 0.161. The molecule has 0 aliphatic carbocycles.